The van der Waals surface area contributed by atoms with Crippen molar-refractivity contribution in [2.75, 3.05) is 48.3 Å². The fraction of sp³-hybridized carbons (Fsp3) is 0.938. The van der Waals surface area contributed by atoms with Gasteiger partial charge in [0.2, 0.25) is 0 Å². The van der Waals surface area contributed by atoms with Crippen LogP contribution in [-0.4, -0.2) is 75.0 Å². The summed E-state index contributed by atoms with van der Waals surface area (Å²) >= 11 is 0. The van der Waals surface area contributed by atoms with Gasteiger partial charge in [0.1, 0.15) is 5.60 Å². The summed E-state index contributed by atoms with van der Waals surface area (Å²) in [6.07, 6.45) is 0.656. The van der Waals surface area contributed by atoms with Crippen LogP contribution in [0.5, 0.6) is 0 Å². The molecule has 0 heterocycles. The van der Waals surface area contributed by atoms with Crippen LogP contribution in [0.4, 0.5) is 4.79 Å². The zero-order valence-electron chi connectivity index (χ0n) is 16.9. The van der Waals surface area contributed by atoms with E-state index in [2.05, 4.69) is 0 Å². The summed E-state index contributed by atoms with van der Waals surface area (Å²) in [6, 6.07) is 0.592. The lowest BCUT2D eigenvalue weighted by atomic mass is 9.95. The first-order chi connectivity index (χ1) is 12.3. The molecular formula is C16H35NO8Si. The van der Waals surface area contributed by atoms with Crippen LogP contribution >= 0.6 is 0 Å². The minimum absolute atomic E-state index is 0.221. The molecule has 0 rings (SSSR count). The van der Waals surface area contributed by atoms with Crippen molar-refractivity contribution >= 4 is 14.9 Å². The summed E-state index contributed by atoms with van der Waals surface area (Å²) in [6.45, 7) is 4.66. The molecule has 0 spiro atoms. The van der Waals surface area contributed by atoms with Gasteiger partial charge in [-0.05, 0) is 26.2 Å². The van der Waals surface area contributed by atoms with Crippen LogP contribution < -0.4 is 5.73 Å². The largest absolute Gasteiger partial charge is 0.500 e. The van der Waals surface area contributed by atoms with E-state index in [1.165, 1.54) is 0 Å². The Kier molecular flexibility index (Phi) is 13.0. The summed E-state index contributed by atoms with van der Waals surface area (Å²) in [4.78, 5) is 11.4. The molecule has 0 bridgehead atoms. The van der Waals surface area contributed by atoms with Crippen LogP contribution in [0.25, 0.3) is 0 Å². The number of carbonyl (C=O) groups is 1. The number of carbonyl (C=O) groups excluding carboxylic acids is 1. The van der Waals surface area contributed by atoms with Crippen molar-refractivity contribution in [1.82, 2.24) is 0 Å². The molecule has 0 aliphatic heterocycles. The fourth-order valence-corrected chi connectivity index (χ4v) is 4.22. The van der Waals surface area contributed by atoms with E-state index in [1.54, 1.807) is 35.4 Å². The Morgan fingerprint density at radius 1 is 1.12 bits per heavy atom. The molecule has 0 aromatic heterocycles. The molecule has 156 valence electrons. The fourth-order valence-electron chi connectivity index (χ4n) is 2.50. The zero-order valence-corrected chi connectivity index (χ0v) is 17.9. The van der Waals surface area contributed by atoms with Gasteiger partial charge in [0, 0.05) is 34.5 Å². The predicted molar refractivity (Wildman–Crippen MR) is 97.8 cm³/mol. The molecule has 0 aromatic carbocycles. The lowest BCUT2D eigenvalue weighted by Gasteiger charge is -2.33. The average molecular weight is 398 g/mol. The van der Waals surface area contributed by atoms with Gasteiger partial charge in [-0.1, -0.05) is 6.92 Å². The second-order valence-corrected chi connectivity index (χ2v) is 8.92. The molecule has 2 N–H and O–H groups in total. The van der Waals surface area contributed by atoms with Crippen LogP contribution in [0.3, 0.4) is 0 Å². The van der Waals surface area contributed by atoms with Crippen LogP contribution in [0, 0.1) is 0 Å². The highest BCUT2D eigenvalue weighted by molar-refractivity contribution is 6.60. The monoisotopic (exact) mass is 397 g/mol. The normalized spacial score (nSPS) is 15.5. The smallest absolute Gasteiger partial charge is 0.441 e. The first-order valence-corrected chi connectivity index (χ1v) is 10.6. The molecule has 0 aliphatic carbocycles. The first-order valence-electron chi connectivity index (χ1n) is 8.68. The van der Waals surface area contributed by atoms with E-state index >= 15 is 0 Å². The van der Waals surface area contributed by atoms with E-state index in [0.29, 0.717) is 38.5 Å². The maximum absolute atomic E-state index is 11.4. The van der Waals surface area contributed by atoms with Crippen molar-refractivity contribution in [1.29, 1.82) is 0 Å². The molecule has 10 heteroatoms. The summed E-state index contributed by atoms with van der Waals surface area (Å²) in [5, 5.41) is 0. The molecule has 2 atom stereocenters. The zero-order chi connectivity index (χ0) is 20.1. The summed E-state index contributed by atoms with van der Waals surface area (Å²) in [5.41, 5.74) is 4.44. The summed E-state index contributed by atoms with van der Waals surface area (Å²) in [5.74, 6) is 0. The van der Waals surface area contributed by atoms with E-state index in [9.17, 15) is 4.79 Å². The SMILES string of the molecule is CCC(CCC[Si](OC)(OC)OC)(COCCOC(C)OC)OC(N)=O. The Morgan fingerprint density at radius 2 is 1.73 bits per heavy atom. The molecule has 1 amide bonds. The molecule has 2 unspecified atom stereocenters. The number of primary amides is 1. The number of ether oxygens (including phenoxy) is 4. The number of rotatable bonds is 16. The summed E-state index contributed by atoms with van der Waals surface area (Å²) in [7, 11) is 3.59. The van der Waals surface area contributed by atoms with Crippen molar-refractivity contribution < 1.29 is 37.0 Å². The van der Waals surface area contributed by atoms with Crippen LogP contribution in [-0.2, 0) is 32.2 Å². The number of hydrogen-bond acceptors (Lipinski definition) is 8. The molecule has 0 aromatic rings. The number of methoxy groups -OCH3 is 1. The van der Waals surface area contributed by atoms with Crippen molar-refractivity contribution in [3.05, 3.63) is 0 Å². The first kappa shape index (κ1) is 25.2. The third kappa shape index (κ3) is 9.26. The Labute approximate surface area is 157 Å². The van der Waals surface area contributed by atoms with Gasteiger partial charge in [0.15, 0.2) is 6.29 Å². The third-order valence-corrected chi connectivity index (χ3v) is 7.12. The van der Waals surface area contributed by atoms with Gasteiger partial charge in [-0.25, -0.2) is 4.79 Å². The van der Waals surface area contributed by atoms with Crippen LogP contribution in [0.15, 0.2) is 0 Å². The minimum atomic E-state index is -2.68. The highest BCUT2D eigenvalue weighted by Crippen LogP contribution is 2.27. The van der Waals surface area contributed by atoms with Gasteiger partial charge >= 0.3 is 14.9 Å². The second kappa shape index (κ2) is 13.4. The number of hydrogen-bond donors (Lipinski definition) is 1. The maximum Gasteiger partial charge on any atom is 0.500 e. The minimum Gasteiger partial charge on any atom is -0.441 e. The standard InChI is InChI=1S/C16H35NO8Si/c1-7-16(25-15(17)18,13-23-10-11-24-14(2)19-3)9-8-12-26(20-4,21-5)22-6/h14H,7-13H2,1-6H3,(H2,17,18). The van der Waals surface area contributed by atoms with E-state index in [1.807, 2.05) is 6.92 Å². The molecule has 9 nitrogen and oxygen atoms in total. The van der Waals surface area contributed by atoms with Crippen molar-refractivity contribution in [2.45, 2.75) is 51.0 Å². The highest BCUT2D eigenvalue weighted by atomic mass is 28.4. The van der Waals surface area contributed by atoms with Gasteiger partial charge in [-0.2, -0.15) is 0 Å². The maximum atomic E-state index is 11.4. The van der Waals surface area contributed by atoms with E-state index in [-0.39, 0.29) is 12.9 Å². The average Bonchev–Trinajstić information content (AvgIpc) is 2.64. The molecule has 26 heavy (non-hydrogen) atoms. The van der Waals surface area contributed by atoms with Gasteiger partial charge in [-0.15, -0.1) is 0 Å². The van der Waals surface area contributed by atoms with Crippen molar-refractivity contribution in [3.8, 4) is 0 Å². The Bertz CT molecular complexity index is 375. The Morgan fingerprint density at radius 3 is 2.19 bits per heavy atom. The van der Waals surface area contributed by atoms with Gasteiger partial charge in [-0.3, -0.25) is 0 Å². The highest BCUT2D eigenvalue weighted by Gasteiger charge is 2.39. The van der Waals surface area contributed by atoms with E-state index < -0.39 is 20.5 Å². The van der Waals surface area contributed by atoms with E-state index in [4.69, 9.17) is 38.0 Å². The lowest BCUT2D eigenvalue weighted by molar-refractivity contribution is -0.130. The van der Waals surface area contributed by atoms with Crippen LogP contribution in [0.2, 0.25) is 6.04 Å². The summed E-state index contributed by atoms with van der Waals surface area (Å²) < 4.78 is 37.6. The quantitative estimate of drug-likeness (QED) is 0.239. The molecular weight excluding hydrogens is 362 g/mol. The Balaban J connectivity index is 4.64. The molecule has 0 saturated heterocycles. The third-order valence-electron chi connectivity index (χ3n) is 4.29. The molecule has 0 saturated carbocycles. The van der Waals surface area contributed by atoms with Gasteiger partial charge in [0.05, 0.1) is 19.8 Å². The topological polar surface area (TPSA) is 108 Å². The second-order valence-electron chi connectivity index (χ2n) is 5.83. The molecule has 0 aliphatic rings. The molecule has 0 fully saturated rings. The van der Waals surface area contributed by atoms with Crippen LogP contribution in [0.1, 0.15) is 33.1 Å². The van der Waals surface area contributed by atoms with Gasteiger partial charge in [0.25, 0.3) is 0 Å². The van der Waals surface area contributed by atoms with E-state index in [0.717, 1.165) is 0 Å². The molecule has 0 radical (unpaired) electrons. The predicted octanol–water partition coefficient (Wildman–Crippen LogP) is 1.91. The lowest BCUT2D eigenvalue weighted by Crippen LogP contribution is -2.45. The van der Waals surface area contributed by atoms with Crippen molar-refractivity contribution in [2.24, 2.45) is 5.73 Å². The number of amides is 1. The number of nitrogens with two attached hydrogens (primary N) is 1. The van der Waals surface area contributed by atoms with Gasteiger partial charge < -0.3 is 38.0 Å². The van der Waals surface area contributed by atoms with Crippen molar-refractivity contribution in [3.63, 3.8) is 0 Å². The Hall–Kier alpha value is -0.753.